The highest BCUT2D eigenvalue weighted by molar-refractivity contribution is 6.30. The summed E-state index contributed by atoms with van der Waals surface area (Å²) in [6, 6.07) is 4.58. The van der Waals surface area contributed by atoms with Gasteiger partial charge in [0.25, 0.3) is 0 Å². The lowest BCUT2D eigenvalue weighted by Crippen LogP contribution is -2.31. The molecule has 1 aromatic rings. The maximum absolute atomic E-state index is 11.9. The van der Waals surface area contributed by atoms with E-state index in [-0.39, 0.29) is 25.2 Å². The fourth-order valence-electron chi connectivity index (χ4n) is 1.55. The fraction of sp³-hybridized carbons (Fsp3) is 0.375. The zero-order valence-electron chi connectivity index (χ0n) is 13.3. The van der Waals surface area contributed by atoms with Crippen LogP contribution in [0.1, 0.15) is 32.3 Å². The van der Waals surface area contributed by atoms with E-state index >= 15 is 0 Å². The number of carbonyl (C=O) groups excluding carboxylic acids is 1. The van der Waals surface area contributed by atoms with Gasteiger partial charge < -0.3 is 9.57 Å². The van der Waals surface area contributed by atoms with E-state index in [9.17, 15) is 14.9 Å². The van der Waals surface area contributed by atoms with Crippen molar-refractivity contribution in [2.24, 2.45) is 5.16 Å². The number of ether oxygens (including phenoxy) is 1. The number of nitrogens with zero attached hydrogens (tertiary/aromatic N) is 2. The van der Waals surface area contributed by atoms with Crippen LogP contribution in [0.4, 0.5) is 0 Å². The molecule has 0 spiro atoms. The van der Waals surface area contributed by atoms with E-state index in [1.54, 1.807) is 6.07 Å². The molecule has 0 saturated carbocycles. The van der Waals surface area contributed by atoms with Gasteiger partial charge in [0.2, 0.25) is 5.54 Å². The summed E-state index contributed by atoms with van der Waals surface area (Å²) in [6.45, 7) is 2.90. The average Bonchev–Trinajstić information content (AvgIpc) is 2.52. The molecule has 0 heterocycles. The van der Waals surface area contributed by atoms with Crippen LogP contribution in [0, 0.1) is 22.5 Å². The second-order valence-corrected chi connectivity index (χ2v) is 5.87. The number of benzene rings is 1. The second-order valence-electron chi connectivity index (χ2n) is 5.44. The third kappa shape index (κ3) is 6.26. The Hall–Kier alpha value is -2.59. The quantitative estimate of drug-likeness (QED) is 0.136. The molecule has 0 unspecified atom stereocenters. The molecule has 0 aliphatic heterocycles. The molecule has 1 rings (SSSR count). The third-order valence-corrected chi connectivity index (χ3v) is 3.28. The van der Waals surface area contributed by atoms with Crippen LogP contribution in [-0.2, 0) is 9.63 Å². The van der Waals surface area contributed by atoms with Gasteiger partial charge in [0.15, 0.2) is 6.61 Å². The zero-order valence-corrected chi connectivity index (χ0v) is 14.1. The largest absolute Gasteiger partial charge is 0.426 e. The summed E-state index contributed by atoms with van der Waals surface area (Å²) in [4.78, 5) is 27.1. The Kier molecular flexibility index (Phi) is 7.21. The Morgan fingerprint density at radius 1 is 1.54 bits per heavy atom. The smallest absolute Gasteiger partial charge is 0.311 e. The minimum absolute atomic E-state index is 0.00214. The topological polar surface area (TPSA) is 91.0 Å². The average molecular weight is 353 g/mol. The highest BCUT2D eigenvalue weighted by Crippen LogP contribution is 2.23. The van der Waals surface area contributed by atoms with Gasteiger partial charge in [0.05, 0.1) is 12.6 Å². The Bertz CT molecular complexity index is 680. The second kappa shape index (κ2) is 8.89. The molecule has 0 aliphatic rings. The van der Waals surface area contributed by atoms with Crippen molar-refractivity contribution >= 4 is 23.8 Å². The lowest BCUT2D eigenvalue weighted by atomic mass is 10.00. The number of hydrogen-bond acceptors (Lipinski definition) is 6. The van der Waals surface area contributed by atoms with E-state index in [2.05, 4.69) is 11.1 Å². The number of hydrogen-bond donors (Lipinski definition) is 0. The molecule has 128 valence electrons. The van der Waals surface area contributed by atoms with Crippen molar-refractivity contribution in [3.63, 3.8) is 0 Å². The SMILES string of the molecule is C#CCO/N=C\c1cc(Cl)ccc1OC(=O)CCC(C)(C)[N+](=O)[O-]. The number of carbonyl (C=O) groups is 1. The van der Waals surface area contributed by atoms with E-state index in [4.69, 9.17) is 27.6 Å². The van der Waals surface area contributed by atoms with Gasteiger partial charge in [0.1, 0.15) is 5.75 Å². The molecule has 0 atom stereocenters. The predicted octanol–water partition coefficient (Wildman–Crippen LogP) is 3.06. The summed E-state index contributed by atoms with van der Waals surface area (Å²) in [7, 11) is 0. The van der Waals surface area contributed by atoms with Crippen molar-refractivity contribution in [2.75, 3.05) is 6.61 Å². The number of halogens is 1. The van der Waals surface area contributed by atoms with E-state index in [1.807, 2.05) is 0 Å². The molecule has 0 bridgehead atoms. The molecule has 0 saturated heterocycles. The van der Waals surface area contributed by atoms with Crippen molar-refractivity contribution in [1.29, 1.82) is 0 Å². The molecule has 8 heteroatoms. The predicted molar refractivity (Wildman–Crippen MR) is 89.8 cm³/mol. The Morgan fingerprint density at radius 2 is 2.25 bits per heavy atom. The van der Waals surface area contributed by atoms with Crippen molar-refractivity contribution < 1.29 is 19.3 Å². The van der Waals surface area contributed by atoms with Gasteiger partial charge in [-0.2, -0.15) is 0 Å². The molecule has 24 heavy (non-hydrogen) atoms. The van der Waals surface area contributed by atoms with Gasteiger partial charge in [-0.1, -0.05) is 22.7 Å². The van der Waals surface area contributed by atoms with Crippen LogP contribution in [0.5, 0.6) is 5.75 Å². The molecule has 0 aliphatic carbocycles. The minimum Gasteiger partial charge on any atom is -0.426 e. The summed E-state index contributed by atoms with van der Waals surface area (Å²) >= 11 is 5.90. The lowest BCUT2D eigenvalue weighted by Gasteiger charge is -2.14. The van der Waals surface area contributed by atoms with Crippen LogP contribution in [0.15, 0.2) is 23.4 Å². The molecular formula is C16H17ClN2O5. The van der Waals surface area contributed by atoms with E-state index < -0.39 is 16.4 Å². The van der Waals surface area contributed by atoms with Gasteiger partial charge >= 0.3 is 5.97 Å². The standard InChI is InChI=1S/C16H17ClN2O5/c1-4-9-23-18-11-12-10-13(17)5-6-14(12)24-15(20)7-8-16(2,3)19(21)22/h1,5-6,10-11H,7-9H2,2-3H3/b18-11-. The van der Waals surface area contributed by atoms with Gasteiger partial charge in [-0.25, -0.2) is 0 Å². The Labute approximate surface area is 144 Å². The van der Waals surface area contributed by atoms with Gasteiger partial charge in [-0.15, -0.1) is 6.42 Å². The molecule has 0 N–H and O–H groups in total. The number of oxime groups is 1. The van der Waals surface area contributed by atoms with Crippen molar-refractivity contribution in [3.05, 3.63) is 38.9 Å². The van der Waals surface area contributed by atoms with Crippen LogP contribution in [0.3, 0.4) is 0 Å². The summed E-state index contributed by atoms with van der Waals surface area (Å²) in [5, 5.41) is 14.9. The molecule has 0 fully saturated rings. The highest BCUT2D eigenvalue weighted by atomic mass is 35.5. The maximum atomic E-state index is 11.9. The van der Waals surface area contributed by atoms with E-state index in [0.717, 1.165) is 0 Å². The monoisotopic (exact) mass is 352 g/mol. The van der Waals surface area contributed by atoms with Gasteiger partial charge in [0, 0.05) is 35.8 Å². The molecule has 0 radical (unpaired) electrons. The third-order valence-electron chi connectivity index (χ3n) is 3.05. The van der Waals surface area contributed by atoms with Crippen LogP contribution < -0.4 is 4.74 Å². The van der Waals surface area contributed by atoms with Crippen LogP contribution in [-0.4, -0.2) is 29.3 Å². The summed E-state index contributed by atoms with van der Waals surface area (Å²) in [6.07, 6.45) is 6.30. The van der Waals surface area contributed by atoms with Crippen molar-refractivity contribution in [2.45, 2.75) is 32.2 Å². The normalized spacial score (nSPS) is 11.1. The first kappa shape index (κ1) is 19.5. The Morgan fingerprint density at radius 3 is 2.88 bits per heavy atom. The number of nitro groups is 1. The molecule has 0 amide bonds. The first-order chi connectivity index (χ1) is 11.3. The highest BCUT2D eigenvalue weighted by Gasteiger charge is 2.31. The van der Waals surface area contributed by atoms with Crippen LogP contribution in [0.25, 0.3) is 0 Å². The van der Waals surface area contributed by atoms with Gasteiger partial charge in [-0.3, -0.25) is 14.9 Å². The number of rotatable bonds is 8. The fourth-order valence-corrected chi connectivity index (χ4v) is 1.74. The zero-order chi connectivity index (χ0) is 18.2. The van der Waals surface area contributed by atoms with E-state index in [0.29, 0.717) is 10.6 Å². The van der Waals surface area contributed by atoms with Crippen LogP contribution in [0.2, 0.25) is 5.02 Å². The lowest BCUT2D eigenvalue weighted by molar-refractivity contribution is -0.561. The number of terminal acetylenes is 1. The molecule has 1 aromatic carbocycles. The maximum Gasteiger partial charge on any atom is 0.311 e. The van der Waals surface area contributed by atoms with Crippen molar-refractivity contribution in [1.82, 2.24) is 0 Å². The van der Waals surface area contributed by atoms with Gasteiger partial charge in [-0.05, 0) is 18.2 Å². The molecule has 0 aromatic heterocycles. The minimum atomic E-state index is -1.20. The molecule has 7 nitrogen and oxygen atoms in total. The summed E-state index contributed by atoms with van der Waals surface area (Å²) < 4.78 is 5.23. The summed E-state index contributed by atoms with van der Waals surface area (Å²) in [5.74, 6) is 1.88. The van der Waals surface area contributed by atoms with Crippen LogP contribution >= 0.6 is 11.6 Å². The van der Waals surface area contributed by atoms with Crippen molar-refractivity contribution in [3.8, 4) is 18.1 Å². The first-order valence-corrected chi connectivity index (χ1v) is 7.37. The first-order valence-electron chi connectivity index (χ1n) is 7.00. The number of esters is 1. The van der Waals surface area contributed by atoms with E-state index in [1.165, 1.54) is 32.2 Å². The Balaban J connectivity index is 2.76. The summed E-state index contributed by atoms with van der Waals surface area (Å²) in [5.41, 5.74) is -0.784. The molecular weight excluding hydrogens is 336 g/mol.